The van der Waals surface area contributed by atoms with Gasteiger partial charge in [-0.2, -0.15) is 5.26 Å². The fourth-order valence-electron chi connectivity index (χ4n) is 1.96. The van der Waals surface area contributed by atoms with Crippen molar-refractivity contribution < 1.29 is 10.2 Å². The highest BCUT2D eigenvalue weighted by Crippen LogP contribution is 2.27. The van der Waals surface area contributed by atoms with Gasteiger partial charge in [-0.05, 0) is 32.9 Å². The topological polar surface area (TPSA) is 67.5 Å². The maximum absolute atomic E-state index is 9.84. The third-order valence-corrected chi connectivity index (χ3v) is 2.64. The van der Waals surface area contributed by atoms with Crippen LogP contribution in [0.25, 0.3) is 0 Å². The number of aliphatic hydroxyl groups is 2. The molecular formula is C14H20N2O2. The summed E-state index contributed by atoms with van der Waals surface area (Å²) >= 11 is 0. The van der Waals surface area contributed by atoms with E-state index in [0.717, 1.165) is 11.3 Å². The molecule has 0 amide bonds. The third-order valence-electron chi connectivity index (χ3n) is 2.64. The summed E-state index contributed by atoms with van der Waals surface area (Å²) in [5, 5.41) is 28.5. The quantitative estimate of drug-likeness (QED) is 0.853. The second-order valence-electron chi connectivity index (χ2n) is 5.23. The first-order valence-electron chi connectivity index (χ1n) is 5.90. The summed E-state index contributed by atoms with van der Waals surface area (Å²) in [6.45, 7) is 5.55. The number of rotatable bonds is 4. The number of nitrogens with zero attached hydrogens (tertiary/aromatic N) is 2. The second kappa shape index (κ2) is 5.38. The molecule has 0 radical (unpaired) electrons. The molecule has 1 aromatic carbocycles. The van der Waals surface area contributed by atoms with Crippen molar-refractivity contribution in [2.75, 3.05) is 18.5 Å². The molecule has 1 atom stereocenters. The molecule has 0 aliphatic carbocycles. The molecule has 0 bridgehead atoms. The lowest BCUT2D eigenvalue weighted by Crippen LogP contribution is -2.36. The van der Waals surface area contributed by atoms with Crippen molar-refractivity contribution in [1.29, 1.82) is 5.26 Å². The van der Waals surface area contributed by atoms with Gasteiger partial charge in [0.15, 0.2) is 0 Å². The summed E-state index contributed by atoms with van der Waals surface area (Å²) in [7, 11) is 1.83. The summed E-state index contributed by atoms with van der Waals surface area (Å²) in [6.07, 6.45) is -0.614. The first-order chi connectivity index (χ1) is 8.24. The molecular weight excluding hydrogens is 228 g/mol. The minimum atomic E-state index is -0.840. The zero-order chi connectivity index (χ0) is 13.9. The van der Waals surface area contributed by atoms with Crippen LogP contribution in [0, 0.1) is 11.3 Å². The third kappa shape index (κ3) is 3.73. The lowest BCUT2D eigenvalue weighted by molar-refractivity contribution is 0.0884. The van der Waals surface area contributed by atoms with Crippen LogP contribution >= 0.6 is 0 Å². The number of likely N-dealkylation sites (N-methyl/N-ethyl adjacent to an activating group) is 1. The van der Waals surface area contributed by atoms with E-state index in [0.29, 0.717) is 12.1 Å². The van der Waals surface area contributed by atoms with Crippen molar-refractivity contribution in [2.45, 2.75) is 32.5 Å². The monoisotopic (exact) mass is 248 g/mol. The first kappa shape index (κ1) is 14.5. The van der Waals surface area contributed by atoms with Gasteiger partial charge in [0.25, 0.3) is 0 Å². The summed E-state index contributed by atoms with van der Waals surface area (Å²) in [5.41, 5.74) is 1.22. The van der Waals surface area contributed by atoms with Gasteiger partial charge in [0, 0.05) is 24.8 Å². The Morgan fingerprint density at radius 1 is 1.44 bits per heavy atom. The largest absolute Gasteiger partial charge is 0.389 e. The second-order valence-corrected chi connectivity index (χ2v) is 5.23. The Bertz CT molecular complexity index is 456. The average Bonchev–Trinajstić information content (AvgIpc) is 2.25. The van der Waals surface area contributed by atoms with Crippen LogP contribution in [0.3, 0.4) is 0 Å². The van der Waals surface area contributed by atoms with Gasteiger partial charge in [-0.15, -0.1) is 0 Å². The van der Waals surface area contributed by atoms with Gasteiger partial charge in [-0.1, -0.05) is 6.07 Å². The number of hydrogen-bond donors (Lipinski definition) is 2. The van der Waals surface area contributed by atoms with Crippen LogP contribution in [0.1, 0.15) is 38.0 Å². The van der Waals surface area contributed by atoms with Gasteiger partial charge in [0.1, 0.15) is 0 Å². The van der Waals surface area contributed by atoms with E-state index in [9.17, 15) is 10.2 Å². The van der Waals surface area contributed by atoms with E-state index >= 15 is 0 Å². The number of anilines is 1. The van der Waals surface area contributed by atoms with E-state index in [1.165, 1.54) is 0 Å². The van der Waals surface area contributed by atoms with Crippen molar-refractivity contribution in [3.63, 3.8) is 0 Å². The number of aliphatic hydroxyl groups excluding tert-OH is 1. The number of nitriles is 1. The molecule has 0 saturated carbocycles. The molecule has 0 spiro atoms. The molecule has 0 fully saturated rings. The van der Waals surface area contributed by atoms with Gasteiger partial charge >= 0.3 is 0 Å². The van der Waals surface area contributed by atoms with Crippen molar-refractivity contribution in [3.05, 3.63) is 29.3 Å². The Balaban J connectivity index is 3.15. The predicted octanol–water partition coefficient (Wildman–Crippen LogP) is 1.82. The van der Waals surface area contributed by atoms with Gasteiger partial charge in [0.05, 0.1) is 23.3 Å². The molecule has 0 heterocycles. The highest BCUT2D eigenvalue weighted by atomic mass is 16.3. The normalized spacial score (nSPS) is 12.9. The highest BCUT2D eigenvalue weighted by molar-refractivity contribution is 5.58. The van der Waals surface area contributed by atoms with E-state index in [2.05, 4.69) is 6.07 Å². The molecule has 0 aromatic heterocycles. The van der Waals surface area contributed by atoms with E-state index in [1.54, 1.807) is 39.0 Å². The van der Waals surface area contributed by atoms with Gasteiger partial charge < -0.3 is 15.1 Å². The smallest absolute Gasteiger partial charge is 0.0992 e. The minimum absolute atomic E-state index is 0.418. The molecule has 0 aliphatic heterocycles. The first-order valence-corrected chi connectivity index (χ1v) is 5.90. The molecule has 0 saturated heterocycles. The van der Waals surface area contributed by atoms with Crippen LogP contribution in [-0.4, -0.2) is 29.4 Å². The van der Waals surface area contributed by atoms with Crippen molar-refractivity contribution >= 4 is 5.69 Å². The van der Waals surface area contributed by atoms with Crippen LogP contribution in [0.5, 0.6) is 0 Å². The number of benzene rings is 1. The Labute approximate surface area is 108 Å². The standard InChI is InChI=1S/C14H20N2O2/c1-10(17)12-6-5-11(8-15)7-13(12)16(4)9-14(2,3)18/h5-7,10,17-18H,9H2,1-4H3/t10-/m1/s1. The van der Waals surface area contributed by atoms with Crippen LogP contribution < -0.4 is 4.90 Å². The molecule has 4 heteroatoms. The minimum Gasteiger partial charge on any atom is -0.389 e. The predicted molar refractivity (Wildman–Crippen MR) is 71.4 cm³/mol. The fourth-order valence-corrected chi connectivity index (χ4v) is 1.96. The van der Waals surface area contributed by atoms with E-state index in [4.69, 9.17) is 5.26 Å². The molecule has 1 rings (SSSR count). The Morgan fingerprint density at radius 2 is 2.06 bits per heavy atom. The molecule has 2 N–H and O–H groups in total. The SMILES string of the molecule is C[C@@H](O)c1ccc(C#N)cc1N(C)CC(C)(C)O. The maximum atomic E-state index is 9.84. The van der Waals surface area contributed by atoms with E-state index < -0.39 is 11.7 Å². The molecule has 4 nitrogen and oxygen atoms in total. The van der Waals surface area contributed by atoms with Crippen molar-refractivity contribution in [3.8, 4) is 6.07 Å². The zero-order valence-corrected chi connectivity index (χ0v) is 11.3. The molecule has 0 aliphatic rings. The summed E-state index contributed by atoms with van der Waals surface area (Å²) in [6, 6.07) is 7.24. The molecule has 1 aromatic rings. The van der Waals surface area contributed by atoms with Crippen LogP contribution in [0.4, 0.5) is 5.69 Å². The van der Waals surface area contributed by atoms with Crippen molar-refractivity contribution in [2.24, 2.45) is 0 Å². The van der Waals surface area contributed by atoms with Crippen LogP contribution in [-0.2, 0) is 0 Å². The maximum Gasteiger partial charge on any atom is 0.0992 e. The average molecular weight is 248 g/mol. The summed E-state index contributed by atoms with van der Waals surface area (Å²) in [4.78, 5) is 1.85. The Hall–Kier alpha value is -1.57. The van der Waals surface area contributed by atoms with Gasteiger partial charge in [-0.25, -0.2) is 0 Å². The van der Waals surface area contributed by atoms with Crippen molar-refractivity contribution in [1.82, 2.24) is 0 Å². The lowest BCUT2D eigenvalue weighted by atomic mass is 10.0. The van der Waals surface area contributed by atoms with Crippen LogP contribution in [0.15, 0.2) is 18.2 Å². The molecule has 0 unspecified atom stereocenters. The Kier molecular flexibility index (Phi) is 4.33. The molecule has 98 valence electrons. The number of hydrogen-bond acceptors (Lipinski definition) is 4. The lowest BCUT2D eigenvalue weighted by Gasteiger charge is -2.29. The van der Waals surface area contributed by atoms with E-state index in [-0.39, 0.29) is 0 Å². The highest BCUT2D eigenvalue weighted by Gasteiger charge is 2.19. The molecule has 18 heavy (non-hydrogen) atoms. The zero-order valence-electron chi connectivity index (χ0n) is 11.3. The van der Waals surface area contributed by atoms with Gasteiger partial charge in [0.2, 0.25) is 0 Å². The summed E-state index contributed by atoms with van der Waals surface area (Å²) in [5.74, 6) is 0. The van der Waals surface area contributed by atoms with E-state index in [1.807, 2.05) is 11.9 Å². The Morgan fingerprint density at radius 3 is 2.50 bits per heavy atom. The fraction of sp³-hybridized carbons (Fsp3) is 0.500. The summed E-state index contributed by atoms with van der Waals surface area (Å²) < 4.78 is 0. The van der Waals surface area contributed by atoms with Gasteiger partial charge in [-0.3, -0.25) is 0 Å². The van der Waals surface area contributed by atoms with Crippen LogP contribution in [0.2, 0.25) is 0 Å².